The summed E-state index contributed by atoms with van der Waals surface area (Å²) < 4.78 is 0. The van der Waals surface area contributed by atoms with Crippen LogP contribution >= 0.6 is 0 Å². The lowest BCUT2D eigenvalue weighted by Gasteiger charge is -2.19. The van der Waals surface area contributed by atoms with Gasteiger partial charge in [0.1, 0.15) is 0 Å². The summed E-state index contributed by atoms with van der Waals surface area (Å²) in [4.78, 5) is 0. The van der Waals surface area contributed by atoms with Crippen LogP contribution in [0, 0.1) is 0 Å². The van der Waals surface area contributed by atoms with Gasteiger partial charge in [-0.1, -0.05) is 24.3 Å². The van der Waals surface area contributed by atoms with E-state index in [1.54, 1.807) is 0 Å². The number of hydrogen-bond donors (Lipinski definition) is 12. The Balaban J connectivity index is 2.19. The minimum Gasteiger partial charge on any atom is -0.330 e. The van der Waals surface area contributed by atoms with Crippen LogP contribution in [0.15, 0.2) is 36.4 Å². The molecule has 0 saturated carbocycles. The van der Waals surface area contributed by atoms with Gasteiger partial charge in [0.2, 0.25) is 0 Å². The van der Waals surface area contributed by atoms with Crippen LogP contribution < -0.4 is 65.5 Å². The van der Waals surface area contributed by atoms with E-state index in [1.807, 2.05) is 0 Å². The summed E-state index contributed by atoms with van der Waals surface area (Å²) >= 11 is 0. The van der Waals surface area contributed by atoms with Crippen molar-refractivity contribution < 1.29 is 0 Å². The molecule has 2 aromatic carbocycles. The highest BCUT2D eigenvalue weighted by Gasteiger charge is 2.13. The Labute approximate surface area is 316 Å². The zero-order valence-electron chi connectivity index (χ0n) is 32.6. The van der Waals surface area contributed by atoms with E-state index in [4.69, 9.17) is 22.9 Å². The molecule has 0 atom stereocenters. The zero-order valence-corrected chi connectivity index (χ0v) is 32.6. The third kappa shape index (κ3) is 22.9. The molecule has 2 rings (SSSR count). The van der Waals surface area contributed by atoms with Crippen molar-refractivity contribution in [1.82, 2.24) is 42.5 Å². The Hall–Kier alpha value is -2.04. The molecule has 0 saturated heterocycles. The van der Waals surface area contributed by atoms with Gasteiger partial charge < -0.3 is 65.5 Å². The molecule has 0 unspecified atom stereocenters. The zero-order chi connectivity index (χ0) is 37.2. The fourth-order valence-electron chi connectivity index (χ4n) is 6.10. The second-order valence-electron chi connectivity index (χ2n) is 13.7. The van der Waals surface area contributed by atoms with E-state index in [0.29, 0.717) is 0 Å². The lowest BCUT2D eigenvalue weighted by molar-refractivity contribution is 0.583. The van der Waals surface area contributed by atoms with Crippen molar-refractivity contribution in [1.29, 1.82) is 0 Å². The van der Waals surface area contributed by atoms with Gasteiger partial charge in [-0.3, -0.25) is 0 Å². The number of hydrogen-bond acceptors (Lipinski definition) is 12. The Bertz CT molecular complexity index is 1030. The summed E-state index contributed by atoms with van der Waals surface area (Å²) in [6, 6.07) is 14.0. The molecule has 0 radical (unpaired) electrons. The third-order valence-electron chi connectivity index (χ3n) is 8.93. The van der Waals surface area contributed by atoms with E-state index < -0.39 is 0 Å². The minimum atomic E-state index is 0.736. The van der Waals surface area contributed by atoms with Crippen LogP contribution in [0.2, 0.25) is 0 Å². The van der Waals surface area contributed by atoms with Gasteiger partial charge in [-0.2, -0.15) is 0 Å². The van der Waals surface area contributed by atoms with Crippen LogP contribution in [-0.2, 0) is 26.2 Å². The third-order valence-corrected chi connectivity index (χ3v) is 8.93. The molecule has 0 aliphatic carbocycles. The first-order valence-corrected chi connectivity index (χ1v) is 20.4. The molecule has 2 aromatic rings. The van der Waals surface area contributed by atoms with Crippen molar-refractivity contribution in [2.75, 3.05) is 105 Å². The normalized spacial score (nSPS) is 11.5. The lowest BCUT2D eigenvalue weighted by atomic mass is 9.91. The Morgan fingerprint density at radius 1 is 0.346 bits per heavy atom. The highest BCUT2D eigenvalue weighted by Crippen LogP contribution is 2.30. The van der Waals surface area contributed by atoms with Crippen molar-refractivity contribution in [3.63, 3.8) is 0 Å². The molecule has 16 N–H and O–H groups in total. The Morgan fingerprint density at radius 3 is 1.00 bits per heavy atom. The molecule has 0 heterocycles. The van der Waals surface area contributed by atoms with E-state index in [0.717, 1.165) is 182 Å². The van der Waals surface area contributed by atoms with E-state index in [1.165, 1.54) is 33.4 Å². The summed E-state index contributed by atoms with van der Waals surface area (Å²) in [6.45, 7) is 18.2. The first-order chi connectivity index (χ1) is 25.7. The Kier molecular flexibility index (Phi) is 29.7. The average Bonchev–Trinajstić information content (AvgIpc) is 3.16. The van der Waals surface area contributed by atoms with E-state index in [-0.39, 0.29) is 0 Å². The van der Waals surface area contributed by atoms with Gasteiger partial charge in [0.05, 0.1) is 0 Å². The van der Waals surface area contributed by atoms with Gasteiger partial charge >= 0.3 is 0 Å². The van der Waals surface area contributed by atoms with Crippen molar-refractivity contribution in [2.24, 2.45) is 22.9 Å². The van der Waals surface area contributed by atoms with Gasteiger partial charge in [-0.05, 0) is 202 Å². The quantitative estimate of drug-likeness (QED) is 0.0442. The monoisotopic (exact) mass is 727 g/mol. The maximum Gasteiger partial charge on any atom is 0.0211 e. The molecule has 298 valence electrons. The van der Waals surface area contributed by atoms with Crippen molar-refractivity contribution in [3.05, 3.63) is 58.7 Å². The van der Waals surface area contributed by atoms with Crippen LogP contribution in [0.25, 0.3) is 11.1 Å². The van der Waals surface area contributed by atoms with Crippen LogP contribution in [0.5, 0.6) is 0 Å². The summed E-state index contributed by atoms with van der Waals surface area (Å²) in [5.41, 5.74) is 30.5. The minimum absolute atomic E-state index is 0.736. The molecule has 0 aliphatic rings. The standard InChI is InChI=1S/C40H78N12/c41-12-2-16-45-20-6-24-49-31-35-28-36(32-50-25-7-21-46-17-3-13-42)30-39(29-35)40-37(33-51-26-8-22-47-18-4-14-43)10-1-11-38(40)34-52-27-9-23-48-19-5-15-44/h1,10-11,28-30,45-52H,2-9,12-27,31-34,41-44H2. The molecule has 0 aliphatic heterocycles. The fraction of sp³-hybridized carbons (Fsp3) is 0.700. The summed E-state index contributed by atoms with van der Waals surface area (Å²) in [5.74, 6) is 0. The molecule has 0 spiro atoms. The first kappa shape index (κ1) is 46.1. The van der Waals surface area contributed by atoms with Gasteiger partial charge in [0.15, 0.2) is 0 Å². The van der Waals surface area contributed by atoms with Crippen molar-refractivity contribution >= 4 is 0 Å². The smallest absolute Gasteiger partial charge is 0.0211 e. The fourth-order valence-corrected chi connectivity index (χ4v) is 6.10. The number of nitrogens with two attached hydrogens (primary N) is 4. The molecule has 0 aromatic heterocycles. The first-order valence-electron chi connectivity index (χ1n) is 20.4. The van der Waals surface area contributed by atoms with E-state index in [2.05, 4.69) is 78.9 Å². The second kappa shape index (κ2) is 33.5. The summed E-state index contributed by atoms with van der Waals surface area (Å²) in [7, 11) is 0. The van der Waals surface area contributed by atoms with Gasteiger partial charge in [-0.15, -0.1) is 0 Å². The van der Waals surface area contributed by atoms with Crippen LogP contribution in [0.3, 0.4) is 0 Å². The SMILES string of the molecule is NCCCNCCCNCc1cc(CNCCCNCCCN)cc(-c2c(CNCCCNCCCN)cccc2CNCCCNCCCN)c1. The highest BCUT2D eigenvalue weighted by molar-refractivity contribution is 5.72. The molecular formula is C40H78N12. The highest BCUT2D eigenvalue weighted by atomic mass is 14.9. The molecule has 0 bridgehead atoms. The van der Waals surface area contributed by atoms with Gasteiger partial charge in [0.25, 0.3) is 0 Å². The lowest BCUT2D eigenvalue weighted by Crippen LogP contribution is -2.25. The van der Waals surface area contributed by atoms with Gasteiger partial charge in [0, 0.05) is 26.2 Å². The van der Waals surface area contributed by atoms with E-state index in [9.17, 15) is 0 Å². The topological polar surface area (TPSA) is 200 Å². The number of nitrogens with one attached hydrogen (secondary N) is 8. The van der Waals surface area contributed by atoms with Crippen molar-refractivity contribution in [2.45, 2.75) is 77.5 Å². The average molecular weight is 727 g/mol. The molecule has 12 heteroatoms. The van der Waals surface area contributed by atoms with E-state index >= 15 is 0 Å². The Morgan fingerprint density at radius 2 is 0.654 bits per heavy atom. The predicted octanol–water partition coefficient (Wildman–Crippen LogP) is 1.03. The predicted molar refractivity (Wildman–Crippen MR) is 223 cm³/mol. The van der Waals surface area contributed by atoms with Crippen molar-refractivity contribution in [3.8, 4) is 11.1 Å². The summed E-state index contributed by atoms with van der Waals surface area (Å²) in [5, 5.41) is 28.9. The maximum atomic E-state index is 5.64. The van der Waals surface area contributed by atoms with Gasteiger partial charge in [-0.25, -0.2) is 0 Å². The molecule has 12 nitrogen and oxygen atoms in total. The molecule has 0 fully saturated rings. The number of rotatable bonds is 37. The van der Waals surface area contributed by atoms with Crippen LogP contribution in [-0.4, -0.2) is 105 Å². The summed E-state index contributed by atoms with van der Waals surface area (Å²) in [6.07, 6.45) is 8.44. The second-order valence-corrected chi connectivity index (χ2v) is 13.7. The van der Waals surface area contributed by atoms with Crippen LogP contribution in [0.4, 0.5) is 0 Å². The number of benzene rings is 2. The van der Waals surface area contributed by atoms with Crippen LogP contribution in [0.1, 0.15) is 73.6 Å². The molecule has 52 heavy (non-hydrogen) atoms. The molecule has 0 amide bonds. The maximum absolute atomic E-state index is 5.64. The largest absolute Gasteiger partial charge is 0.330 e. The molecular weight excluding hydrogens is 649 g/mol.